The average Bonchev–Trinajstić information content (AvgIpc) is 3.22. The van der Waals surface area contributed by atoms with Gasteiger partial charge in [0.05, 0.1) is 35.5 Å². The van der Waals surface area contributed by atoms with Crippen LogP contribution in [0.25, 0.3) is 76.8 Å². The Balaban J connectivity index is 1.75. The lowest BCUT2D eigenvalue weighted by molar-refractivity contribution is 0.411. The van der Waals surface area contributed by atoms with Gasteiger partial charge in [-0.25, -0.2) is 8.78 Å². The van der Waals surface area contributed by atoms with Gasteiger partial charge >= 0.3 is 0 Å². The SMILES string of the molecule is COc1ccc(-c2c3ccc(OC)cc3c(-c3ccc(OC)cc3F)c3c(-c4ccc(OC)cc4)c4ccc(C)cc4c(-c4ccc(OC)cc4F)c23)cc1. The van der Waals surface area contributed by atoms with Crippen LogP contribution in [-0.4, -0.2) is 35.5 Å². The fourth-order valence-electron chi connectivity index (χ4n) is 7.77. The standard InChI is InChI=1S/C48H38F2O5/c1-27-7-19-35-39(23-27)45(37-21-17-33(54-5)25-41(37)49)47-44(29-10-14-31(52-3)15-11-29)36-20-16-32(53-4)24-40(36)46(38-22-18-34(55-6)26-42(38)50)48(47)43(35)28-8-12-30(51-2)13-9-28/h7-26H,1-6H3. The van der Waals surface area contributed by atoms with E-state index in [-0.39, 0.29) is 0 Å². The van der Waals surface area contributed by atoms with Crippen molar-refractivity contribution >= 4 is 32.3 Å². The summed E-state index contributed by atoms with van der Waals surface area (Å²) in [7, 11) is 7.91. The van der Waals surface area contributed by atoms with E-state index in [9.17, 15) is 0 Å². The Hall–Kier alpha value is -6.60. The van der Waals surface area contributed by atoms with Crippen LogP contribution in [0.1, 0.15) is 5.56 Å². The molecule has 0 unspecified atom stereocenters. The Bertz CT molecular complexity index is 2760. The van der Waals surface area contributed by atoms with Gasteiger partial charge in [-0.1, -0.05) is 54.1 Å². The molecule has 0 aliphatic carbocycles. The molecule has 0 heterocycles. The van der Waals surface area contributed by atoms with Crippen molar-refractivity contribution in [1.29, 1.82) is 0 Å². The van der Waals surface area contributed by atoms with Gasteiger partial charge in [0.1, 0.15) is 40.4 Å². The van der Waals surface area contributed by atoms with Gasteiger partial charge in [0.15, 0.2) is 0 Å². The maximum absolute atomic E-state index is 16.8. The fraction of sp³-hybridized carbons (Fsp3) is 0.125. The van der Waals surface area contributed by atoms with Crippen LogP contribution >= 0.6 is 0 Å². The topological polar surface area (TPSA) is 46.2 Å². The van der Waals surface area contributed by atoms with E-state index in [0.717, 1.165) is 60.1 Å². The van der Waals surface area contributed by atoms with Gasteiger partial charge in [0, 0.05) is 34.4 Å². The van der Waals surface area contributed by atoms with E-state index in [4.69, 9.17) is 23.7 Å². The molecule has 0 aliphatic rings. The minimum Gasteiger partial charge on any atom is -0.497 e. The van der Waals surface area contributed by atoms with Crippen molar-refractivity contribution in [3.63, 3.8) is 0 Å². The Labute approximate surface area is 318 Å². The monoisotopic (exact) mass is 732 g/mol. The van der Waals surface area contributed by atoms with Gasteiger partial charge in [-0.05, 0) is 122 Å². The van der Waals surface area contributed by atoms with Gasteiger partial charge in [0.25, 0.3) is 0 Å². The van der Waals surface area contributed by atoms with Crippen LogP contribution in [0.2, 0.25) is 0 Å². The van der Waals surface area contributed by atoms with Crippen LogP contribution in [0.3, 0.4) is 0 Å². The lowest BCUT2D eigenvalue weighted by Crippen LogP contribution is -2.00. The highest BCUT2D eigenvalue weighted by Gasteiger charge is 2.28. The lowest BCUT2D eigenvalue weighted by Gasteiger charge is -2.26. The molecule has 0 aliphatic heterocycles. The first kappa shape index (κ1) is 35.4. The Morgan fingerprint density at radius 3 is 1.13 bits per heavy atom. The second-order valence-electron chi connectivity index (χ2n) is 13.4. The number of ether oxygens (including phenoxy) is 5. The molecule has 0 bridgehead atoms. The predicted octanol–water partition coefficient (Wildman–Crippen LogP) is 12.4. The molecule has 0 saturated carbocycles. The molecule has 8 rings (SSSR count). The van der Waals surface area contributed by atoms with Crippen molar-refractivity contribution in [1.82, 2.24) is 0 Å². The Morgan fingerprint density at radius 1 is 0.345 bits per heavy atom. The largest absolute Gasteiger partial charge is 0.497 e. The van der Waals surface area contributed by atoms with Crippen LogP contribution in [0, 0.1) is 18.6 Å². The molecule has 0 aromatic heterocycles. The minimum atomic E-state index is -0.469. The second kappa shape index (κ2) is 14.3. The zero-order chi connectivity index (χ0) is 38.4. The van der Waals surface area contributed by atoms with Crippen molar-refractivity contribution in [2.75, 3.05) is 35.5 Å². The van der Waals surface area contributed by atoms with E-state index in [0.29, 0.717) is 51.0 Å². The first-order valence-corrected chi connectivity index (χ1v) is 17.8. The minimum absolute atomic E-state index is 0.354. The van der Waals surface area contributed by atoms with Crippen LogP contribution in [-0.2, 0) is 0 Å². The number of benzene rings is 8. The molecule has 55 heavy (non-hydrogen) atoms. The molecule has 274 valence electrons. The van der Waals surface area contributed by atoms with E-state index in [2.05, 4.69) is 18.2 Å². The Morgan fingerprint density at radius 2 is 0.709 bits per heavy atom. The summed E-state index contributed by atoms with van der Waals surface area (Å²) < 4.78 is 61.5. The maximum Gasteiger partial charge on any atom is 0.134 e. The third-order valence-corrected chi connectivity index (χ3v) is 10.4. The molecular formula is C48H38F2O5. The molecule has 0 atom stereocenters. The van der Waals surface area contributed by atoms with Gasteiger partial charge in [0.2, 0.25) is 0 Å². The number of aryl methyl sites for hydroxylation is 1. The first-order chi connectivity index (χ1) is 26.8. The smallest absolute Gasteiger partial charge is 0.134 e. The molecule has 0 amide bonds. The molecule has 0 N–H and O–H groups in total. The number of halogens is 2. The third kappa shape index (κ3) is 6.02. The third-order valence-electron chi connectivity index (χ3n) is 10.4. The number of hydrogen-bond acceptors (Lipinski definition) is 5. The highest BCUT2D eigenvalue weighted by Crippen LogP contribution is 2.55. The van der Waals surface area contributed by atoms with Crippen LogP contribution < -0.4 is 23.7 Å². The Kier molecular flexibility index (Phi) is 9.23. The predicted molar refractivity (Wildman–Crippen MR) is 218 cm³/mol. The molecule has 0 fully saturated rings. The van der Waals surface area contributed by atoms with Crippen molar-refractivity contribution in [2.24, 2.45) is 0 Å². The van der Waals surface area contributed by atoms with E-state index < -0.39 is 11.6 Å². The second-order valence-corrected chi connectivity index (χ2v) is 13.4. The average molecular weight is 733 g/mol. The number of methoxy groups -OCH3 is 5. The normalized spacial score (nSPS) is 11.3. The summed E-state index contributed by atoms with van der Waals surface area (Å²) in [5.41, 5.74) is 6.48. The van der Waals surface area contributed by atoms with E-state index in [1.54, 1.807) is 45.6 Å². The van der Waals surface area contributed by atoms with E-state index >= 15 is 8.78 Å². The first-order valence-electron chi connectivity index (χ1n) is 17.8. The van der Waals surface area contributed by atoms with Gasteiger partial charge in [-0.15, -0.1) is 0 Å². The highest BCUT2D eigenvalue weighted by atomic mass is 19.1. The molecular weight excluding hydrogens is 695 g/mol. The molecule has 8 aromatic carbocycles. The van der Waals surface area contributed by atoms with Crippen molar-refractivity contribution in [3.8, 4) is 73.3 Å². The zero-order valence-electron chi connectivity index (χ0n) is 31.3. The molecule has 0 saturated heterocycles. The van der Waals surface area contributed by atoms with Crippen LogP contribution in [0.5, 0.6) is 28.7 Å². The summed E-state index contributed by atoms with van der Waals surface area (Å²) in [5, 5.41) is 4.77. The maximum atomic E-state index is 16.8. The summed E-state index contributed by atoms with van der Waals surface area (Å²) in [5.74, 6) is 1.86. The molecule has 0 radical (unpaired) electrons. The number of fused-ring (bicyclic) bond motifs is 3. The zero-order valence-corrected chi connectivity index (χ0v) is 31.3. The summed E-state index contributed by atoms with van der Waals surface area (Å²) in [6.07, 6.45) is 0. The van der Waals surface area contributed by atoms with E-state index in [1.165, 1.54) is 26.4 Å². The summed E-state index contributed by atoms with van der Waals surface area (Å²) in [6, 6.07) is 37.6. The lowest BCUT2D eigenvalue weighted by atomic mass is 9.77. The summed E-state index contributed by atoms with van der Waals surface area (Å²) in [6.45, 7) is 2.03. The molecule has 0 spiro atoms. The molecule has 5 nitrogen and oxygen atoms in total. The van der Waals surface area contributed by atoms with Crippen molar-refractivity contribution in [3.05, 3.63) is 139 Å². The van der Waals surface area contributed by atoms with Gasteiger partial charge in [-0.3, -0.25) is 0 Å². The van der Waals surface area contributed by atoms with Crippen molar-refractivity contribution < 1.29 is 32.5 Å². The number of hydrogen-bond donors (Lipinski definition) is 0. The fourth-order valence-corrected chi connectivity index (χ4v) is 7.77. The van der Waals surface area contributed by atoms with Gasteiger partial charge in [-0.2, -0.15) is 0 Å². The molecule has 8 aromatic rings. The van der Waals surface area contributed by atoms with Crippen LogP contribution in [0.15, 0.2) is 121 Å². The quantitative estimate of drug-likeness (QED) is 0.138. The summed E-state index contributed by atoms with van der Waals surface area (Å²) in [4.78, 5) is 0. The van der Waals surface area contributed by atoms with Crippen molar-refractivity contribution in [2.45, 2.75) is 6.92 Å². The van der Waals surface area contributed by atoms with Crippen LogP contribution in [0.4, 0.5) is 8.78 Å². The highest BCUT2D eigenvalue weighted by molar-refractivity contribution is 6.34. The number of rotatable bonds is 9. The van der Waals surface area contributed by atoms with Gasteiger partial charge < -0.3 is 23.7 Å². The molecule has 7 heteroatoms. The van der Waals surface area contributed by atoms with E-state index in [1.807, 2.05) is 73.7 Å². The summed E-state index contributed by atoms with van der Waals surface area (Å²) >= 11 is 0.